The summed E-state index contributed by atoms with van der Waals surface area (Å²) in [4.78, 5) is 7.82. The smallest absolute Gasteiger partial charge is 0.146 e. The van der Waals surface area contributed by atoms with Crippen LogP contribution in [0.15, 0.2) is 170 Å². The summed E-state index contributed by atoms with van der Waals surface area (Å²) in [6, 6.07) is 59.7. The van der Waals surface area contributed by atoms with E-state index in [0.29, 0.717) is 0 Å². The van der Waals surface area contributed by atoms with Crippen LogP contribution in [0.4, 0.5) is 17.1 Å². The molecule has 0 bridgehead atoms. The standard InChI is InChI=1S/C49H28N4/c1-3-16-32(17-4-1)51(33-18-5-2-6-19-33)40-24-12-23-36-43-34-20-10-9-15-31(34)26-39-44-42(52(47(36)40)48(39)43)28-50-49-45(44)37-22-11-21-35-38-25-29-13-7-8-14-30(29)27-41(38)53(49)46(35)37/h1-28H. The van der Waals surface area contributed by atoms with Crippen molar-refractivity contribution in [2.45, 2.75) is 0 Å². The SMILES string of the molecule is c1ccc(N(c2ccccc2)c2cccc3c4c5ccccc5cc5c6c7c8cccc9c%10cc%11ccccc%11cc%10n(c7ncc6n(c23)c54)c98)cc1. The molecule has 0 saturated carbocycles. The first-order valence-corrected chi connectivity index (χ1v) is 18.2. The van der Waals surface area contributed by atoms with Crippen LogP contribution in [0.5, 0.6) is 0 Å². The highest BCUT2D eigenvalue weighted by Gasteiger charge is 2.28. The molecule has 8 aromatic carbocycles. The first-order chi connectivity index (χ1) is 26.3. The molecule has 0 unspecified atom stereocenters. The van der Waals surface area contributed by atoms with Crippen LogP contribution in [0.3, 0.4) is 0 Å². The Morgan fingerprint density at radius 2 is 0.981 bits per heavy atom. The Morgan fingerprint density at radius 3 is 1.75 bits per heavy atom. The number of para-hydroxylation sites is 4. The number of aromatic nitrogens is 3. The molecule has 5 heterocycles. The highest BCUT2D eigenvalue weighted by Crippen LogP contribution is 2.50. The summed E-state index contributed by atoms with van der Waals surface area (Å²) in [6.07, 6.45) is 2.13. The summed E-state index contributed by atoms with van der Waals surface area (Å²) < 4.78 is 4.94. The van der Waals surface area contributed by atoms with Gasteiger partial charge in [-0.25, -0.2) is 4.98 Å². The van der Waals surface area contributed by atoms with Gasteiger partial charge in [0.15, 0.2) is 0 Å². The van der Waals surface area contributed by atoms with E-state index in [0.717, 1.165) is 28.2 Å². The van der Waals surface area contributed by atoms with Gasteiger partial charge in [-0.1, -0.05) is 115 Å². The summed E-state index contributed by atoms with van der Waals surface area (Å²) in [5.41, 5.74) is 10.4. The summed E-state index contributed by atoms with van der Waals surface area (Å²) in [5.74, 6) is 0. The number of pyridine rings is 1. The zero-order chi connectivity index (χ0) is 34.4. The predicted molar refractivity (Wildman–Crippen MR) is 223 cm³/mol. The van der Waals surface area contributed by atoms with Crippen molar-refractivity contribution < 1.29 is 0 Å². The molecule has 0 spiro atoms. The van der Waals surface area contributed by atoms with Crippen LogP contribution >= 0.6 is 0 Å². The Hall–Kier alpha value is -7.17. The lowest BCUT2D eigenvalue weighted by molar-refractivity contribution is 1.25. The van der Waals surface area contributed by atoms with E-state index in [1.807, 2.05) is 0 Å². The van der Waals surface area contributed by atoms with Gasteiger partial charge in [0.1, 0.15) is 5.65 Å². The van der Waals surface area contributed by atoms with Gasteiger partial charge in [0.2, 0.25) is 0 Å². The summed E-state index contributed by atoms with van der Waals surface area (Å²) in [5, 5.41) is 15.0. The van der Waals surface area contributed by atoms with Gasteiger partial charge in [0, 0.05) is 54.5 Å². The maximum atomic E-state index is 5.42. The van der Waals surface area contributed by atoms with Crippen molar-refractivity contribution in [2.24, 2.45) is 0 Å². The highest BCUT2D eigenvalue weighted by atomic mass is 15.2. The first kappa shape index (κ1) is 27.5. The average Bonchev–Trinajstić information content (AvgIpc) is 3.94. The van der Waals surface area contributed by atoms with Crippen molar-refractivity contribution in [2.75, 3.05) is 4.90 Å². The van der Waals surface area contributed by atoms with E-state index in [9.17, 15) is 0 Å². The molecule has 0 radical (unpaired) electrons. The first-order valence-electron chi connectivity index (χ1n) is 18.2. The fraction of sp³-hybridized carbons (Fsp3) is 0. The fourth-order valence-electron chi connectivity index (χ4n) is 9.65. The van der Waals surface area contributed by atoms with Crippen molar-refractivity contribution in [3.05, 3.63) is 170 Å². The minimum absolute atomic E-state index is 1.01. The lowest BCUT2D eigenvalue weighted by Gasteiger charge is -2.26. The molecule has 4 nitrogen and oxygen atoms in total. The number of hydrogen-bond acceptors (Lipinski definition) is 2. The zero-order valence-electron chi connectivity index (χ0n) is 28.5. The maximum Gasteiger partial charge on any atom is 0.146 e. The van der Waals surface area contributed by atoms with E-state index in [-0.39, 0.29) is 0 Å². The zero-order valence-corrected chi connectivity index (χ0v) is 28.5. The van der Waals surface area contributed by atoms with Crippen LogP contribution < -0.4 is 4.90 Å². The van der Waals surface area contributed by atoms with Gasteiger partial charge in [-0.2, -0.15) is 0 Å². The molecule has 0 aliphatic heterocycles. The maximum absolute atomic E-state index is 5.42. The minimum Gasteiger partial charge on any atom is -0.308 e. The summed E-state index contributed by atoms with van der Waals surface area (Å²) in [7, 11) is 0. The molecular formula is C49H28N4. The van der Waals surface area contributed by atoms with E-state index >= 15 is 0 Å². The van der Waals surface area contributed by atoms with E-state index in [4.69, 9.17) is 4.98 Å². The number of benzene rings is 8. The second kappa shape index (κ2) is 9.78. The Kier molecular flexibility index (Phi) is 5.08. The van der Waals surface area contributed by atoms with Crippen LogP contribution in [0.25, 0.3) is 97.9 Å². The van der Waals surface area contributed by atoms with Crippen LogP contribution in [0.2, 0.25) is 0 Å². The molecule has 0 atom stereocenters. The molecule has 0 fully saturated rings. The summed E-state index contributed by atoms with van der Waals surface area (Å²) in [6.45, 7) is 0. The van der Waals surface area contributed by atoms with Gasteiger partial charge in [-0.15, -0.1) is 0 Å². The quantitative estimate of drug-likeness (QED) is 0.187. The van der Waals surface area contributed by atoms with Gasteiger partial charge in [-0.05, 0) is 70.1 Å². The molecule has 0 amide bonds. The third-order valence-corrected chi connectivity index (χ3v) is 11.7. The van der Waals surface area contributed by atoms with E-state index in [1.165, 1.54) is 86.7 Å². The number of fused-ring (bicyclic) bond motifs is 16. The van der Waals surface area contributed by atoms with Gasteiger partial charge < -0.3 is 9.30 Å². The van der Waals surface area contributed by atoms with Crippen molar-refractivity contribution >= 4 is 115 Å². The molecule has 5 aromatic heterocycles. The molecule has 0 aliphatic rings. The molecule has 0 aliphatic carbocycles. The van der Waals surface area contributed by atoms with Crippen LogP contribution in [0, 0.1) is 0 Å². The number of hydrogen-bond donors (Lipinski definition) is 0. The average molecular weight is 673 g/mol. The van der Waals surface area contributed by atoms with Crippen LogP contribution in [-0.4, -0.2) is 13.8 Å². The van der Waals surface area contributed by atoms with E-state index in [1.54, 1.807) is 0 Å². The third kappa shape index (κ3) is 3.39. The van der Waals surface area contributed by atoms with Crippen molar-refractivity contribution in [3.63, 3.8) is 0 Å². The van der Waals surface area contributed by atoms with E-state index in [2.05, 4.69) is 184 Å². The Morgan fingerprint density at radius 1 is 0.377 bits per heavy atom. The van der Waals surface area contributed by atoms with Crippen molar-refractivity contribution in [1.29, 1.82) is 0 Å². The lowest BCUT2D eigenvalue weighted by Crippen LogP contribution is -2.10. The monoisotopic (exact) mass is 672 g/mol. The Labute approximate surface area is 302 Å². The van der Waals surface area contributed by atoms with Crippen molar-refractivity contribution in [1.82, 2.24) is 13.8 Å². The minimum atomic E-state index is 1.01. The normalized spacial score (nSPS) is 12.5. The van der Waals surface area contributed by atoms with E-state index < -0.39 is 0 Å². The van der Waals surface area contributed by atoms with Gasteiger partial charge >= 0.3 is 0 Å². The van der Waals surface area contributed by atoms with Crippen LogP contribution in [-0.2, 0) is 0 Å². The molecule has 13 aromatic rings. The predicted octanol–water partition coefficient (Wildman–Crippen LogP) is 13.2. The Balaban J connectivity index is 1.26. The topological polar surface area (TPSA) is 24.9 Å². The van der Waals surface area contributed by atoms with Gasteiger partial charge in [0.25, 0.3) is 0 Å². The fourth-order valence-corrected chi connectivity index (χ4v) is 9.65. The molecule has 0 saturated heterocycles. The largest absolute Gasteiger partial charge is 0.308 e. The van der Waals surface area contributed by atoms with Gasteiger partial charge in [-0.3, -0.25) is 4.40 Å². The number of anilines is 3. The molecule has 244 valence electrons. The molecule has 53 heavy (non-hydrogen) atoms. The molecule has 4 heteroatoms. The summed E-state index contributed by atoms with van der Waals surface area (Å²) >= 11 is 0. The second-order valence-corrected chi connectivity index (χ2v) is 14.4. The Bertz CT molecular complexity index is 3580. The van der Waals surface area contributed by atoms with Crippen LogP contribution in [0.1, 0.15) is 0 Å². The second-order valence-electron chi connectivity index (χ2n) is 14.4. The highest BCUT2D eigenvalue weighted by molar-refractivity contribution is 6.38. The molecule has 0 N–H and O–H groups in total. The molecule has 13 rings (SSSR count). The number of nitrogens with zero attached hydrogens (tertiary/aromatic N) is 4. The van der Waals surface area contributed by atoms with Gasteiger partial charge in [0.05, 0.1) is 39.5 Å². The third-order valence-electron chi connectivity index (χ3n) is 11.7. The number of rotatable bonds is 3. The molecular weight excluding hydrogens is 645 g/mol. The lowest BCUT2D eigenvalue weighted by atomic mass is 9.98. The van der Waals surface area contributed by atoms with Crippen molar-refractivity contribution in [3.8, 4) is 0 Å².